The Labute approximate surface area is 131 Å². The van der Waals surface area contributed by atoms with Crippen molar-refractivity contribution in [3.05, 3.63) is 34.3 Å². The van der Waals surface area contributed by atoms with E-state index in [-0.39, 0.29) is 12.3 Å². The molecular weight excluding hydrogens is 342 g/mol. The second-order valence-corrected chi connectivity index (χ2v) is 6.27. The number of rotatable bonds is 8. The molecule has 1 unspecified atom stereocenters. The molecule has 110 valence electrons. The smallest absolute Gasteiger partial charge is 0.305 e. The van der Waals surface area contributed by atoms with Crippen LogP contribution in [0.1, 0.15) is 30.9 Å². The molecule has 1 aromatic rings. The highest BCUT2D eigenvalue weighted by Gasteiger charge is 2.17. The Morgan fingerprint density at radius 3 is 2.55 bits per heavy atom. The lowest BCUT2D eigenvalue weighted by atomic mass is 10.0. The van der Waals surface area contributed by atoms with Crippen molar-refractivity contribution in [2.24, 2.45) is 0 Å². The van der Waals surface area contributed by atoms with Gasteiger partial charge in [0, 0.05) is 10.9 Å². The monoisotopic (exact) mass is 359 g/mol. The van der Waals surface area contributed by atoms with E-state index >= 15 is 0 Å². The van der Waals surface area contributed by atoms with Gasteiger partial charge in [0.2, 0.25) is 5.91 Å². The Kier molecular flexibility index (Phi) is 7.69. The second kappa shape index (κ2) is 9.02. The Balaban J connectivity index is 2.67. The molecule has 1 amide bonds. The first-order valence-electron chi connectivity index (χ1n) is 6.28. The fourth-order valence-corrected chi connectivity index (χ4v) is 2.46. The number of amides is 1. The van der Waals surface area contributed by atoms with Crippen LogP contribution in [-0.4, -0.2) is 29.0 Å². The van der Waals surface area contributed by atoms with Crippen LogP contribution in [0.15, 0.2) is 28.7 Å². The van der Waals surface area contributed by atoms with Gasteiger partial charge < -0.3 is 10.4 Å². The standard InChI is InChI=1S/C14H18BrNO3S/c1-20-8-2-3-13(17)16-12(9-14(18)19)10-4-6-11(15)7-5-10/h4-7,12H,2-3,8-9H2,1H3,(H,16,17)(H,18,19). The van der Waals surface area contributed by atoms with E-state index < -0.39 is 12.0 Å². The van der Waals surface area contributed by atoms with Gasteiger partial charge in [-0.2, -0.15) is 11.8 Å². The normalized spacial score (nSPS) is 11.9. The maximum Gasteiger partial charge on any atom is 0.305 e. The minimum Gasteiger partial charge on any atom is -0.481 e. The number of carboxylic acid groups (broad SMARTS) is 1. The molecule has 0 aromatic heterocycles. The fourth-order valence-electron chi connectivity index (χ4n) is 1.77. The van der Waals surface area contributed by atoms with Crippen LogP contribution < -0.4 is 5.32 Å². The van der Waals surface area contributed by atoms with Crippen LogP contribution >= 0.6 is 27.7 Å². The molecule has 1 aromatic carbocycles. The minimum absolute atomic E-state index is 0.104. The van der Waals surface area contributed by atoms with Crippen LogP contribution in [0.3, 0.4) is 0 Å². The summed E-state index contributed by atoms with van der Waals surface area (Å²) in [7, 11) is 0. The van der Waals surface area contributed by atoms with Crippen molar-refractivity contribution >= 4 is 39.6 Å². The molecule has 2 N–H and O–H groups in total. The Bertz CT molecular complexity index is 450. The van der Waals surface area contributed by atoms with Gasteiger partial charge >= 0.3 is 5.97 Å². The van der Waals surface area contributed by atoms with Crippen LogP contribution in [0, 0.1) is 0 Å². The average molecular weight is 360 g/mol. The quantitative estimate of drug-likeness (QED) is 0.699. The number of nitrogens with one attached hydrogen (secondary N) is 1. The Morgan fingerprint density at radius 2 is 2.00 bits per heavy atom. The van der Waals surface area contributed by atoms with E-state index in [0.29, 0.717) is 6.42 Å². The molecule has 0 heterocycles. The fraction of sp³-hybridized carbons (Fsp3) is 0.429. The minimum atomic E-state index is -0.928. The van der Waals surface area contributed by atoms with Gasteiger partial charge in [-0.15, -0.1) is 0 Å². The number of thioether (sulfide) groups is 1. The first-order valence-corrected chi connectivity index (χ1v) is 8.47. The molecule has 20 heavy (non-hydrogen) atoms. The Hall–Kier alpha value is -1.01. The van der Waals surface area contributed by atoms with Gasteiger partial charge in [-0.25, -0.2) is 0 Å². The molecule has 0 saturated carbocycles. The number of benzene rings is 1. The summed E-state index contributed by atoms with van der Waals surface area (Å²) in [5.41, 5.74) is 0.800. The molecule has 0 bridgehead atoms. The summed E-state index contributed by atoms with van der Waals surface area (Å²) in [6, 6.07) is 6.83. The Morgan fingerprint density at radius 1 is 1.35 bits per heavy atom. The molecule has 0 aliphatic carbocycles. The van der Waals surface area contributed by atoms with E-state index in [4.69, 9.17) is 5.11 Å². The SMILES string of the molecule is CSCCCC(=O)NC(CC(=O)O)c1ccc(Br)cc1. The van der Waals surface area contributed by atoms with Crippen molar-refractivity contribution in [3.63, 3.8) is 0 Å². The van der Waals surface area contributed by atoms with Crippen molar-refractivity contribution in [2.45, 2.75) is 25.3 Å². The van der Waals surface area contributed by atoms with Gasteiger partial charge in [0.05, 0.1) is 12.5 Å². The molecular formula is C14H18BrNO3S. The van der Waals surface area contributed by atoms with E-state index in [9.17, 15) is 9.59 Å². The molecule has 0 aliphatic heterocycles. The highest BCUT2D eigenvalue weighted by atomic mass is 79.9. The van der Waals surface area contributed by atoms with E-state index in [0.717, 1.165) is 22.2 Å². The zero-order chi connectivity index (χ0) is 15.0. The molecule has 0 fully saturated rings. The van der Waals surface area contributed by atoms with Gasteiger partial charge in [0.25, 0.3) is 0 Å². The number of carbonyl (C=O) groups is 2. The highest BCUT2D eigenvalue weighted by Crippen LogP contribution is 2.20. The zero-order valence-corrected chi connectivity index (χ0v) is 13.7. The largest absolute Gasteiger partial charge is 0.481 e. The van der Waals surface area contributed by atoms with Crippen LogP contribution in [0.2, 0.25) is 0 Å². The van der Waals surface area contributed by atoms with Crippen molar-refractivity contribution in [1.82, 2.24) is 5.32 Å². The van der Waals surface area contributed by atoms with E-state index in [1.165, 1.54) is 0 Å². The number of hydrogen-bond acceptors (Lipinski definition) is 3. The lowest BCUT2D eigenvalue weighted by Crippen LogP contribution is -2.30. The number of aliphatic carboxylic acids is 1. The lowest BCUT2D eigenvalue weighted by molar-refractivity contribution is -0.137. The maximum atomic E-state index is 11.8. The molecule has 1 rings (SSSR count). The van der Waals surface area contributed by atoms with Crippen molar-refractivity contribution in [1.29, 1.82) is 0 Å². The predicted molar refractivity (Wildman–Crippen MR) is 84.9 cm³/mol. The number of halogens is 1. The summed E-state index contributed by atoms with van der Waals surface area (Å²) in [6.07, 6.45) is 3.10. The van der Waals surface area contributed by atoms with E-state index in [1.807, 2.05) is 30.5 Å². The van der Waals surface area contributed by atoms with Crippen molar-refractivity contribution in [2.75, 3.05) is 12.0 Å². The third-order valence-electron chi connectivity index (χ3n) is 2.74. The maximum absolute atomic E-state index is 11.8. The number of carbonyl (C=O) groups excluding carboxylic acids is 1. The van der Waals surface area contributed by atoms with E-state index in [1.54, 1.807) is 11.8 Å². The summed E-state index contributed by atoms with van der Waals surface area (Å²) < 4.78 is 0.918. The topological polar surface area (TPSA) is 66.4 Å². The average Bonchev–Trinajstić information content (AvgIpc) is 2.38. The molecule has 0 radical (unpaired) electrons. The number of carboxylic acids is 1. The van der Waals surface area contributed by atoms with Crippen LogP contribution in [-0.2, 0) is 9.59 Å². The third-order valence-corrected chi connectivity index (χ3v) is 3.96. The summed E-state index contributed by atoms with van der Waals surface area (Å²) in [6.45, 7) is 0. The zero-order valence-electron chi connectivity index (χ0n) is 11.3. The van der Waals surface area contributed by atoms with Gasteiger partial charge in [-0.1, -0.05) is 28.1 Å². The first kappa shape index (κ1) is 17.0. The van der Waals surface area contributed by atoms with Crippen LogP contribution in [0.5, 0.6) is 0 Å². The molecule has 1 atom stereocenters. The lowest BCUT2D eigenvalue weighted by Gasteiger charge is -2.17. The molecule has 0 spiro atoms. The number of hydrogen-bond donors (Lipinski definition) is 2. The summed E-state index contributed by atoms with van der Waals surface area (Å²) >= 11 is 5.02. The van der Waals surface area contributed by atoms with Gasteiger partial charge in [-0.05, 0) is 36.1 Å². The molecule has 0 aliphatic rings. The third kappa shape index (κ3) is 6.43. The summed E-state index contributed by atoms with van der Waals surface area (Å²) in [5.74, 6) is -0.106. The molecule has 4 nitrogen and oxygen atoms in total. The highest BCUT2D eigenvalue weighted by molar-refractivity contribution is 9.10. The predicted octanol–water partition coefficient (Wildman–Crippen LogP) is 3.22. The van der Waals surface area contributed by atoms with Gasteiger partial charge in [-0.3, -0.25) is 9.59 Å². The van der Waals surface area contributed by atoms with Crippen molar-refractivity contribution in [3.8, 4) is 0 Å². The summed E-state index contributed by atoms with van der Waals surface area (Å²) in [5, 5.41) is 11.8. The van der Waals surface area contributed by atoms with Crippen molar-refractivity contribution < 1.29 is 14.7 Å². The van der Waals surface area contributed by atoms with Gasteiger partial charge in [0.15, 0.2) is 0 Å². The second-order valence-electron chi connectivity index (χ2n) is 4.37. The van der Waals surface area contributed by atoms with E-state index in [2.05, 4.69) is 21.2 Å². The first-order chi connectivity index (χ1) is 9.52. The van der Waals surface area contributed by atoms with Crippen LogP contribution in [0.4, 0.5) is 0 Å². The summed E-state index contributed by atoms with van der Waals surface area (Å²) in [4.78, 5) is 22.8. The van der Waals surface area contributed by atoms with Gasteiger partial charge in [0.1, 0.15) is 0 Å². The molecule has 0 saturated heterocycles. The van der Waals surface area contributed by atoms with Crippen LogP contribution in [0.25, 0.3) is 0 Å². The molecule has 6 heteroatoms.